The third-order valence-electron chi connectivity index (χ3n) is 4.12. The second kappa shape index (κ2) is 6.75. The Hall–Kier alpha value is -2.14. The Morgan fingerprint density at radius 2 is 1.77 bits per heavy atom. The Labute approximate surface area is 132 Å². The van der Waals surface area contributed by atoms with Crippen molar-refractivity contribution in [3.05, 3.63) is 42.2 Å². The van der Waals surface area contributed by atoms with Crippen LogP contribution in [0.3, 0.4) is 0 Å². The molecule has 0 unspecified atom stereocenters. The molecule has 1 aliphatic rings. The lowest BCUT2D eigenvalue weighted by molar-refractivity contribution is 0.270. The van der Waals surface area contributed by atoms with E-state index in [2.05, 4.69) is 63.2 Å². The van der Waals surface area contributed by atoms with Gasteiger partial charge < -0.3 is 15.1 Å². The molecule has 2 heterocycles. The standard InChI is InChI=1S/C17H23N5/c1-3-21-8-10-22(11-9-21)17-12-16(18-13-19-17)20-15-6-4-14(2)5-7-15/h4-7,12-13H,3,8-11H2,1-2H3,(H,18,19,20). The molecule has 1 fully saturated rings. The van der Waals surface area contributed by atoms with Gasteiger partial charge in [0.2, 0.25) is 0 Å². The molecule has 1 aromatic carbocycles. The van der Waals surface area contributed by atoms with Gasteiger partial charge >= 0.3 is 0 Å². The third-order valence-corrected chi connectivity index (χ3v) is 4.12. The predicted octanol–water partition coefficient (Wildman–Crippen LogP) is 2.67. The minimum absolute atomic E-state index is 0.840. The van der Waals surface area contributed by atoms with Gasteiger partial charge in [0, 0.05) is 37.9 Å². The van der Waals surface area contributed by atoms with Gasteiger partial charge in [-0.2, -0.15) is 0 Å². The van der Waals surface area contributed by atoms with Gasteiger partial charge in [-0.3, -0.25) is 0 Å². The summed E-state index contributed by atoms with van der Waals surface area (Å²) < 4.78 is 0. The second-order valence-corrected chi connectivity index (χ2v) is 5.67. The van der Waals surface area contributed by atoms with Crippen molar-refractivity contribution in [2.45, 2.75) is 13.8 Å². The fourth-order valence-corrected chi connectivity index (χ4v) is 2.67. The monoisotopic (exact) mass is 297 g/mol. The van der Waals surface area contributed by atoms with Crippen LogP contribution in [0.1, 0.15) is 12.5 Å². The molecular formula is C17H23N5. The SMILES string of the molecule is CCN1CCN(c2cc(Nc3ccc(C)cc3)ncn2)CC1. The summed E-state index contributed by atoms with van der Waals surface area (Å²) in [6.07, 6.45) is 1.64. The third kappa shape index (κ3) is 3.54. The molecule has 1 aromatic heterocycles. The lowest BCUT2D eigenvalue weighted by Gasteiger charge is -2.34. The van der Waals surface area contributed by atoms with Crippen molar-refractivity contribution in [1.29, 1.82) is 0 Å². The van der Waals surface area contributed by atoms with E-state index in [1.165, 1.54) is 5.56 Å². The molecule has 0 spiro atoms. The summed E-state index contributed by atoms with van der Waals surface area (Å²) in [6.45, 7) is 9.66. The van der Waals surface area contributed by atoms with Crippen molar-refractivity contribution < 1.29 is 0 Å². The van der Waals surface area contributed by atoms with E-state index in [1.807, 2.05) is 6.07 Å². The first-order chi connectivity index (χ1) is 10.7. The van der Waals surface area contributed by atoms with Gasteiger partial charge in [-0.05, 0) is 25.6 Å². The van der Waals surface area contributed by atoms with Crippen LogP contribution in [0.2, 0.25) is 0 Å². The van der Waals surface area contributed by atoms with Crippen LogP contribution in [0.5, 0.6) is 0 Å². The number of piperazine rings is 1. The smallest absolute Gasteiger partial charge is 0.135 e. The molecule has 0 atom stereocenters. The van der Waals surface area contributed by atoms with Gasteiger partial charge in [0.25, 0.3) is 0 Å². The Morgan fingerprint density at radius 3 is 2.45 bits per heavy atom. The largest absolute Gasteiger partial charge is 0.354 e. The lowest BCUT2D eigenvalue weighted by Crippen LogP contribution is -2.46. The van der Waals surface area contributed by atoms with E-state index < -0.39 is 0 Å². The summed E-state index contributed by atoms with van der Waals surface area (Å²) >= 11 is 0. The van der Waals surface area contributed by atoms with Crippen LogP contribution < -0.4 is 10.2 Å². The highest BCUT2D eigenvalue weighted by Gasteiger charge is 2.17. The van der Waals surface area contributed by atoms with Crippen LogP contribution in [-0.4, -0.2) is 47.6 Å². The molecule has 116 valence electrons. The van der Waals surface area contributed by atoms with E-state index in [0.29, 0.717) is 0 Å². The number of nitrogens with zero attached hydrogens (tertiary/aromatic N) is 4. The first-order valence-corrected chi connectivity index (χ1v) is 7.87. The Balaban J connectivity index is 1.68. The Kier molecular flexibility index (Phi) is 4.53. The van der Waals surface area contributed by atoms with Crippen molar-refractivity contribution in [2.24, 2.45) is 0 Å². The highest BCUT2D eigenvalue weighted by Crippen LogP contribution is 2.19. The number of benzene rings is 1. The topological polar surface area (TPSA) is 44.3 Å². The van der Waals surface area contributed by atoms with Crippen molar-refractivity contribution in [3.8, 4) is 0 Å². The zero-order chi connectivity index (χ0) is 15.4. The maximum Gasteiger partial charge on any atom is 0.135 e. The molecule has 0 aliphatic carbocycles. The number of anilines is 3. The van der Waals surface area contributed by atoms with Crippen LogP contribution >= 0.6 is 0 Å². The molecule has 0 radical (unpaired) electrons. The van der Waals surface area contributed by atoms with Crippen molar-refractivity contribution in [3.63, 3.8) is 0 Å². The van der Waals surface area contributed by atoms with Crippen molar-refractivity contribution in [1.82, 2.24) is 14.9 Å². The number of hydrogen-bond acceptors (Lipinski definition) is 5. The molecule has 5 heteroatoms. The molecule has 1 N–H and O–H groups in total. The van der Waals surface area contributed by atoms with Crippen LogP contribution in [0.4, 0.5) is 17.3 Å². The van der Waals surface area contributed by atoms with Gasteiger partial charge in [-0.15, -0.1) is 0 Å². The van der Waals surface area contributed by atoms with Gasteiger partial charge in [-0.1, -0.05) is 24.6 Å². The highest BCUT2D eigenvalue weighted by molar-refractivity contribution is 5.59. The van der Waals surface area contributed by atoms with Crippen LogP contribution in [0, 0.1) is 6.92 Å². The van der Waals surface area contributed by atoms with Crippen LogP contribution in [0.25, 0.3) is 0 Å². The summed E-state index contributed by atoms with van der Waals surface area (Å²) in [7, 11) is 0. The Bertz CT molecular complexity index is 603. The van der Waals surface area contributed by atoms with Gasteiger partial charge in [0.15, 0.2) is 0 Å². The molecule has 0 saturated carbocycles. The molecule has 0 bridgehead atoms. The summed E-state index contributed by atoms with van der Waals surface area (Å²) in [5, 5.41) is 3.34. The summed E-state index contributed by atoms with van der Waals surface area (Å²) in [6, 6.07) is 10.3. The average molecular weight is 297 g/mol. The zero-order valence-electron chi connectivity index (χ0n) is 13.3. The minimum Gasteiger partial charge on any atom is -0.354 e. The van der Waals surface area contributed by atoms with Gasteiger partial charge in [-0.25, -0.2) is 9.97 Å². The van der Waals surface area contributed by atoms with E-state index in [-0.39, 0.29) is 0 Å². The minimum atomic E-state index is 0.840. The molecule has 0 amide bonds. The number of hydrogen-bond donors (Lipinski definition) is 1. The number of likely N-dealkylation sites (N-methyl/N-ethyl adjacent to an activating group) is 1. The zero-order valence-corrected chi connectivity index (χ0v) is 13.3. The predicted molar refractivity (Wildman–Crippen MR) is 90.8 cm³/mol. The fourth-order valence-electron chi connectivity index (χ4n) is 2.67. The lowest BCUT2D eigenvalue weighted by atomic mass is 10.2. The Morgan fingerprint density at radius 1 is 1.05 bits per heavy atom. The molecule has 1 saturated heterocycles. The second-order valence-electron chi connectivity index (χ2n) is 5.67. The summed E-state index contributed by atoms with van der Waals surface area (Å²) in [4.78, 5) is 13.5. The van der Waals surface area contributed by atoms with E-state index in [9.17, 15) is 0 Å². The number of aromatic nitrogens is 2. The first-order valence-electron chi connectivity index (χ1n) is 7.87. The first kappa shape index (κ1) is 14.8. The molecule has 3 rings (SSSR count). The number of aryl methyl sites for hydroxylation is 1. The molecular weight excluding hydrogens is 274 g/mol. The number of nitrogens with one attached hydrogen (secondary N) is 1. The highest BCUT2D eigenvalue weighted by atomic mass is 15.3. The molecule has 2 aromatic rings. The molecule has 22 heavy (non-hydrogen) atoms. The van der Waals surface area contributed by atoms with Crippen LogP contribution in [-0.2, 0) is 0 Å². The maximum absolute atomic E-state index is 4.43. The van der Waals surface area contributed by atoms with Gasteiger partial charge in [0.1, 0.15) is 18.0 Å². The summed E-state index contributed by atoms with van der Waals surface area (Å²) in [5.41, 5.74) is 2.30. The van der Waals surface area contributed by atoms with Crippen molar-refractivity contribution in [2.75, 3.05) is 42.9 Å². The summed E-state index contributed by atoms with van der Waals surface area (Å²) in [5.74, 6) is 1.84. The molecule has 1 aliphatic heterocycles. The fraction of sp³-hybridized carbons (Fsp3) is 0.412. The average Bonchev–Trinajstić information content (AvgIpc) is 2.57. The van der Waals surface area contributed by atoms with E-state index >= 15 is 0 Å². The van der Waals surface area contributed by atoms with E-state index in [0.717, 1.165) is 50.0 Å². The van der Waals surface area contributed by atoms with E-state index in [1.54, 1.807) is 6.33 Å². The van der Waals surface area contributed by atoms with Crippen LogP contribution in [0.15, 0.2) is 36.7 Å². The number of rotatable bonds is 4. The van der Waals surface area contributed by atoms with Crippen molar-refractivity contribution >= 4 is 17.3 Å². The normalized spacial score (nSPS) is 15.8. The quantitative estimate of drug-likeness (QED) is 0.940. The van der Waals surface area contributed by atoms with E-state index in [4.69, 9.17) is 0 Å². The maximum atomic E-state index is 4.43. The molecule has 5 nitrogen and oxygen atoms in total. The van der Waals surface area contributed by atoms with Gasteiger partial charge in [0.05, 0.1) is 0 Å².